The first-order valence-corrected chi connectivity index (χ1v) is 8.42. The third-order valence-corrected chi connectivity index (χ3v) is 4.66. The average Bonchev–Trinajstić information content (AvgIpc) is 2.31. The van der Waals surface area contributed by atoms with Crippen molar-refractivity contribution in [1.82, 2.24) is 10.0 Å². The molecule has 2 N–H and O–H groups in total. The molecular formula is C12H18Cl2N2O2S. The molecule has 0 saturated heterocycles. The number of benzene rings is 1. The molecule has 0 spiro atoms. The van der Waals surface area contributed by atoms with Gasteiger partial charge in [0.05, 0.1) is 5.75 Å². The van der Waals surface area contributed by atoms with Crippen LogP contribution in [0.3, 0.4) is 0 Å². The van der Waals surface area contributed by atoms with Gasteiger partial charge >= 0.3 is 0 Å². The summed E-state index contributed by atoms with van der Waals surface area (Å²) in [5.74, 6) is 0.0311. The molecule has 0 aliphatic carbocycles. The third-order valence-electron chi connectivity index (χ3n) is 2.61. The van der Waals surface area contributed by atoms with E-state index < -0.39 is 10.0 Å². The summed E-state index contributed by atoms with van der Waals surface area (Å²) in [5, 5.41) is 4.33. The summed E-state index contributed by atoms with van der Waals surface area (Å²) in [6, 6.07) is 5.16. The highest BCUT2D eigenvalue weighted by Crippen LogP contribution is 2.25. The van der Waals surface area contributed by atoms with Crippen LogP contribution in [0.2, 0.25) is 10.0 Å². The minimum Gasteiger partial charge on any atom is -0.309 e. The van der Waals surface area contributed by atoms with Gasteiger partial charge in [0.15, 0.2) is 0 Å². The van der Waals surface area contributed by atoms with Crippen molar-refractivity contribution in [3.8, 4) is 0 Å². The fourth-order valence-corrected chi connectivity index (χ4v) is 3.09. The summed E-state index contributed by atoms with van der Waals surface area (Å²) < 4.78 is 25.4. The number of nitrogens with one attached hydrogen (secondary N) is 2. The Hall–Kier alpha value is -0.330. The Morgan fingerprint density at radius 3 is 2.63 bits per heavy atom. The standard InChI is InChI=1S/C12H18Cl2N2O2S/c1-3-16-19(17,18)7-6-15-9(2)11-8-10(13)4-5-12(11)14/h4-5,8-9,15-16H,3,6-7H2,1-2H3. The van der Waals surface area contributed by atoms with Gasteiger partial charge in [-0.05, 0) is 30.7 Å². The monoisotopic (exact) mass is 324 g/mol. The molecule has 0 saturated carbocycles. The van der Waals surface area contributed by atoms with Crippen LogP contribution in [0.5, 0.6) is 0 Å². The molecular weight excluding hydrogens is 307 g/mol. The van der Waals surface area contributed by atoms with Gasteiger partial charge in [0, 0.05) is 29.2 Å². The molecule has 1 unspecified atom stereocenters. The van der Waals surface area contributed by atoms with E-state index in [1.807, 2.05) is 6.92 Å². The predicted molar refractivity (Wildman–Crippen MR) is 80.3 cm³/mol. The van der Waals surface area contributed by atoms with Crippen LogP contribution in [0.25, 0.3) is 0 Å². The number of hydrogen-bond donors (Lipinski definition) is 2. The van der Waals surface area contributed by atoms with E-state index in [1.165, 1.54) is 0 Å². The van der Waals surface area contributed by atoms with Crippen LogP contribution >= 0.6 is 23.2 Å². The maximum absolute atomic E-state index is 11.5. The highest BCUT2D eigenvalue weighted by atomic mass is 35.5. The first kappa shape index (κ1) is 16.7. The van der Waals surface area contributed by atoms with E-state index in [9.17, 15) is 8.42 Å². The molecule has 0 aliphatic rings. The van der Waals surface area contributed by atoms with Gasteiger partial charge in [-0.1, -0.05) is 30.1 Å². The normalized spacial score (nSPS) is 13.5. The Labute approximate surface area is 124 Å². The van der Waals surface area contributed by atoms with Crippen molar-refractivity contribution in [3.05, 3.63) is 33.8 Å². The van der Waals surface area contributed by atoms with E-state index in [0.29, 0.717) is 23.1 Å². The number of sulfonamides is 1. The molecule has 1 rings (SSSR count). The molecule has 0 aliphatic heterocycles. The van der Waals surface area contributed by atoms with E-state index in [1.54, 1.807) is 25.1 Å². The quantitative estimate of drug-likeness (QED) is 0.810. The molecule has 19 heavy (non-hydrogen) atoms. The number of rotatable bonds is 7. The Bertz CT molecular complexity index is 520. The zero-order valence-electron chi connectivity index (χ0n) is 10.9. The molecule has 0 bridgehead atoms. The zero-order valence-corrected chi connectivity index (χ0v) is 13.2. The molecule has 0 fully saturated rings. The van der Waals surface area contributed by atoms with Crippen molar-refractivity contribution >= 4 is 33.2 Å². The number of halogens is 2. The van der Waals surface area contributed by atoms with Crippen LogP contribution in [-0.2, 0) is 10.0 Å². The van der Waals surface area contributed by atoms with Crippen LogP contribution in [0.4, 0.5) is 0 Å². The van der Waals surface area contributed by atoms with Crippen LogP contribution in [0.1, 0.15) is 25.5 Å². The molecule has 108 valence electrons. The van der Waals surface area contributed by atoms with Gasteiger partial charge in [-0.3, -0.25) is 0 Å². The van der Waals surface area contributed by atoms with Gasteiger partial charge in [-0.15, -0.1) is 0 Å². The molecule has 1 aromatic carbocycles. The van der Waals surface area contributed by atoms with Crippen LogP contribution in [0.15, 0.2) is 18.2 Å². The lowest BCUT2D eigenvalue weighted by Crippen LogP contribution is -2.32. The molecule has 0 heterocycles. The smallest absolute Gasteiger partial charge is 0.212 e. The summed E-state index contributed by atoms with van der Waals surface area (Å²) in [6.07, 6.45) is 0. The lowest BCUT2D eigenvalue weighted by Gasteiger charge is -2.16. The molecule has 1 atom stereocenters. The second-order valence-electron chi connectivity index (χ2n) is 4.16. The molecule has 0 radical (unpaired) electrons. The van der Waals surface area contributed by atoms with E-state index >= 15 is 0 Å². The largest absolute Gasteiger partial charge is 0.309 e. The Morgan fingerprint density at radius 2 is 2.00 bits per heavy atom. The lowest BCUT2D eigenvalue weighted by atomic mass is 10.1. The summed E-state index contributed by atoms with van der Waals surface area (Å²) in [7, 11) is -3.20. The SMILES string of the molecule is CCNS(=O)(=O)CCNC(C)c1cc(Cl)ccc1Cl. The number of hydrogen-bond acceptors (Lipinski definition) is 3. The highest BCUT2D eigenvalue weighted by Gasteiger charge is 2.12. The predicted octanol–water partition coefficient (Wildman–Crippen LogP) is 2.58. The van der Waals surface area contributed by atoms with E-state index in [4.69, 9.17) is 23.2 Å². The summed E-state index contributed by atoms with van der Waals surface area (Å²) in [6.45, 7) is 4.41. The second kappa shape index (κ2) is 7.45. The van der Waals surface area contributed by atoms with Gasteiger partial charge < -0.3 is 5.32 Å². The van der Waals surface area contributed by atoms with Crippen molar-refractivity contribution in [2.75, 3.05) is 18.8 Å². The van der Waals surface area contributed by atoms with Crippen molar-refractivity contribution in [3.63, 3.8) is 0 Å². The van der Waals surface area contributed by atoms with Gasteiger partial charge in [0.1, 0.15) is 0 Å². The van der Waals surface area contributed by atoms with Crippen LogP contribution in [0, 0.1) is 0 Å². The van der Waals surface area contributed by atoms with Crippen molar-refractivity contribution in [2.24, 2.45) is 0 Å². The van der Waals surface area contributed by atoms with Crippen molar-refractivity contribution in [2.45, 2.75) is 19.9 Å². The summed E-state index contributed by atoms with van der Waals surface area (Å²) >= 11 is 12.0. The summed E-state index contributed by atoms with van der Waals surface area (Å²) in [4.78, 5) is 0. The molecule has 0 amide bonds. The molecule has 1 aromatic rings. The fraction of sp³-hybridized carbons (Fsp3) is 0.500. The van der Waals surface area contributed by atoms with Crippen molar-refractivity contribution in [1.29, 1.82) is 0 Å². The fourth-order valence-electron chi connectivity index (χ4n) is 1.66. The van der Waals surface area contributed by atoms with Gasteiger partial charge in [0.25, 0.3) is 0 Å². The van der Waals surface area contributed by atoms with Crippen molar-refractivity contribution < 1.29 is 8.42 Å². The molecule has 0 aromatic heterocycles. The summed E-state index contributed by atoms with van der Waals surface area (Å²) in [5.41, 5.74) is 0.856. The highest BCUT2D eigenvalue weighted by molar-refractivity contribution is 7.89. The second-order valence-corrected chi connectivity index (χ2v) is 6.93. The van der Waals surface area contributed by atoms with E-state index in [0.717, 1.165) is 5.56 Å². The Balaban J connectivity index is 2.56. The minimum absolute atomic E-state index is 0.0311. The van der Waals surface area contributed by atoms with Gasteiger partial charge in [-0.25, -0.2) is 13.1 Å². The molecule has 4 nitrogen and oxygen atoms in total. The van der Waals surface area contributed by atoms with Crippen LogP contribution in [-0.4, -0.2) is 27.3 Å². The van der Waals surface area contributed by atoms with Gasteiger partial charge in [-0.2, -0.15) is 0 Å². The van der Waals surface area contributed by atoms with Crippen LogP contribution < -0.4 is 10.0 Å². The Kier molecular flexibility index (Phi) is 6.56. The first-order valence-electron chi connectivity index (χ1n) is 6.01. The maximum atomic E-state index is 11.5. The van der Waals surface area contributed by atoms with Gasteiger partial charge in [0.2, 0.25) is 10.0 Å². The third kappa shape index (κ3) is 5.67. The first-order chi connectivity index (χ1) is 8.85. The molecule has 7 heteroatoms. The lowest BCUT2D eigenvalue weighted by molar-refractivity contribution is 0.564. The maximum Gasteiger partial charge on any atom is 0.212 e. The van der Waals surface area contributed by atoms with E-state index in [-0.39, 0.29) is 11.8 Å². The topological polar surface area (TPSA) is 58.2 Å². The zero-order chi connectivity index (χ0) is 14.5. The Morgan fingerprint density at radius 1 is 1.32 bits per heavy atom. The average molecular weight is 325 g/mol. The minimum atomic E-state index is -3.20. The van der Waals surface area contributed by atoms with E-state index in [2.05, 4.69) is 10.0 Å².